The van der Waals surface area contributed by atoms with Gasteiger partial charge in [0.25, 0.3) is 0 Å². The molecule has 2 nitrogen and oxygen atoms in total. The van der Waals surface area contributed by atoms with E-state index in [1.54, 1.807) is 13.0 Å². The maximum absolute atomic E-state index is 13.1. The van der Waals surface area contributed by atoms with Gasteiger partial charge in [-0.25, -0.2) is 0 Å². The Hall–Kier alpha value is -1.85. The highest BCUT2D eigenvalue weighted by atomic mass is 19.4. The van der Waals surface area contributed by atoms with Crippen LogP contribution in [0.2, 0.25) is 0 Å². The van der Waals surface area contributed by atoms with Crippen molar-refractivity contribution in [3.63, 3.8) is 0 Å². The second kappa shape index (κ2) is 7.80. The van der Waals surface area contributed by atoms with Gasteiger partial charge >= 0.3 is 6.18 Å². The van der Waals surface area contributed by atoms with Gasteiger partial charge in [0, 0.05) is 12.5 Å². The van der Waals surface area contributed by atoms with Crippen LogP contribution in [0.1, 0.15) is 47.6 Å². The molecule has 0 bridgehead atoms. The van der Waals surface area contributed by atoms with Gasteiger partial charge in [0.05, 0.1) is 17.8 Å². The van der Waals surface area contributed by atoms with Crippen molar-refractivity contribution in [2.75, 3.05) is 13.1 Å². The first kappa shape index (κ1) is 18.9. The van der Waals surface area contributed by atoms with Gasteiger partial charge in [0.15, 0.2) is 0 Å². The Morgan fingerprint density at radius 1 is 1.12 bits per heavy atom. The van der Waals surface area contributed by atoms with Crippen molar-refractivity contribution in [3.8, 4) is 0 Å². The highest BCUT2D eigenvalue weighted by Crippen LogP contribution is 2.35. The molecule has 1 aliphatic rings. The lowest BCUT2D eigenvalue weighted by atomic mass is 9.88. The number of hydrogen-bond donors (Lipinski definition) is 1. The third kappa shape index (κ3) is 4.46. The Morgan fingerprint density at radius 3 is 2.54 bits per heavy atom. The Balaban J connectivity index is 1.80. The van der Waals surface area contributed by atoms with Crippen LogP contribution in [0.25, 0.3) is 0 Å². The summed E-state index contributed by atoms with van der Waals surface area (Å²) in [6, 6.07) is 14.3. The van der Waals surface area contributed by atoms with Gasteiger partial charge in [-0.05, 0) is 50.1 Å². The third-order valence-corrected chi connectivity index (χ3v) is 4.92. The molecule has 0 spiro atoms. The second-order valence-corrected chi connectivity index (χ2v) is 6.96. The van der Waals surface area contributed by atoms with Crippen LogP contribution in [0.15, 0.2) is 48.5 Å². The van der Waals surface area contributed by atoms with Gasteiger partial charge < -0.3 is 10.1 Å². The normalized spacial score (nSPS) is 22.2. The van der Waals surface area contributed by atoms with E-state index >= 15 is 0 Å². The molecule has 2 aromatic carbocycles. The molecule has 0 aliphatic carbocycles. The summed E-state index contributed by atoms with van der Waals surface area (Å²) in [6.07, 6.45) is -3.93. The molecular weight excluding hydrogens is 339 g/mol. The van der Waals surface area contributed by atoms with Gasteiger partial charge in [-0.1, -0.05) is 42.0 Å². The van der Waals surface area contributed by atoms with E-state index < -0.39 is 17.8 Å². The minimum Gasteiger partial charge on any atom is -0.370 e. The van der Waals surface area contributed by atoms with Crippen molar-refractivity contribution in [2.24, 2.45) is 0 Å². The van der Waals surface area contributed by atoms with Gasteiger partial charge in [-0.2, -0.15) is 13.2 Å². The molecule has 0 amide bonds. The summed E-state index contributed by atoms with van der Waals surface area (Å²) < 4.78 is 45.6. The average Bonchev–Trinajstić information content (AvgIpc) is 2.61. The summed E-state index contributed by atoms with van der Waals surface area (Å²) in [7, 11) is 0. The van der Waals surface area contributed by atoms with Crippen LogP contribution >= 0.6 is 0 Å². The summed E-state index contributed by atoms with van der Waals surface area (Å²) in [5.74, 6) is 0.194. The molecule has 1 aliphatic heterocycles. The highest BCUT2D eigenvalue weighted by Gasteiger charge is 2.32. The van der Waals surface area contributed by atoms with Crippen molar-refractivity contribution in [3.05, 3.63) is 70.8 Å². The first-order chi connectivity index (χ1) is 12.3. The maximum atomic E-state index is 13.1. The summed E-state index contributed by atoms with van der Waals surface area (Å²) >= 11 is 0. The van der Waals surface area contributed by atoms with Crippen LogP contribution < -0.4 is 5.32 Å². The summed E-state index contributed by atoms with van der Waals surface area (Å²) in [6.45, 7) is 5.17. The van der Waals surface area contributed by atoms with Crippen molar-refractivity contribution in [1.82, 2.24) is 5.32 Å². The topological polar surface area (TPSA) is 21.3 Å². The minimum absolute atomic E-state index is 0.0245. The molecule has 26 heavy (non-hydrogen) atoms. The highest BCUT2D eigenvalue weighted by molar-refractivity contribution is 5.32. The fraction of sp³-hybridized carbons (Fsp3) is 0.429. The number of halogens is 3. The van der Waals surface area contributed by atoms with E-state index in [9.17, 15) is 13.2 Å². The van der Waals surface area contributed by atoms with Crippen molar-refractivity contribution < 1.29 is 17.9 Å². The maximum Gasteiger partial charge on any atom is 0.416 e. The van der Waals surface area contributed by atoms with E-state index in [4.69, 9.17) is 4.74 Å². The quantitative estimate of drug-likeness (QED) is 0.802. The van der Waals surface area contributed by atoms with Crippen molar-refractivity contribution in [1.29, 1.82) is 0 Å². The van der Waals surface area contributed by atoms with E-state index in [1.807, 2.05) is 25.1 Å². The predicted molar refractivity (Wildman–Crippen MR) is 96.1 cm³/mol. The number of piperidine rings is 1. The van der Waals surface area contributed by atoms with Crippen molar-refractivity contribution >= 4 is 0 Å². The van der Waals surface area contributed by atoms with Crippen LogP contribution in [0.5, 0.6) is 0 Å². The smallest absolute Gasteiger partial charge is 0.370 e. The number of hydrogen-bond acceptors (Lipinski definition) is 2. The van der Waals surface area contributed by atoms with E-state index in [2.05, 4.69) is 17.4 Å². The SMILES string of the molecule is Cc1cc([C@@H](C)O[C@H]2CCNC[C@H]2c2ccccc2)cc(C(F)(F)F)c1. The van der Waals surface area contributed by atoms with Gasteiger partial charge in [-0.15, -0.1) is 0 Å². The lowest BCUT2D eigenvalue weighted by Gasteiger charge is -2.34. The molecular formula is C21H24F3NO. The lowest BCUT2D eigenvalue weighted by molar-refractivity contribution is -0.137. The van der Waals surface area contributed by atoms with E-state index in [0.29, 0.717) is 11.1 Å². The monoisotopic (exact) mass is 363 g/mol. The van der Waals surface area contributed by atoms with Crippen molar-refractivity contribution in [2.45, 2.75) is 44.6 Å². The Morgan fingerprint density at radius 2 is 1.85 bits per heavy atom. The van der Waals surface area contributed by atoms with Crippen LogP contribution in [0.4, 0.5) is 13.2 Å². The summed E-state index contributed by atoms with van der Waals surface area (Å²) in [4.78, 5) is 0. The van der Waals surface area contributed by atoms with E-state index in [1.165, 1.54) is 17.7 Å². The summed E-state index contributed by atoms with van der Waals surface area (Å²) in [5, 5.41) is 3.39. The third-order valence-electron chi connectivity index (χ3n) is 4.92. The molecule has 0 saturated carbocycles. The first-order valence-electron chi connectivity index (χ1n) is 8.94. The van der Waals surface area contributed by atoms with Crippen LogP contribution in [-0.4, -0.2) is 19.2 Å². The lowest BCUT2D eigenvalue weighted by Crippen LogP contribution is -2.40. The first-order valence-corrected chi connectivity index (χ1v) is 8.94. The Kier molecular flexibility index (Phi) is 5.68. The zero-order valence-electron chi connectivity index (χ0n) is 15.0. The van der Waals surface area contributed by atoms with Crippen LogP contribution in [0, 0.1) is 6.92 Å². The van der Waals surface area contributed by atoms with E-state index in [0.717, 1.165) is 19.5 Å². The zero-order chi connectivity index (χ0) is 18.7. The largest absolute Gasteiger partial charge is 0.416 e. The molecule has 1 saturated heterocycles. The minimum atomic E-state index is -4.35. The molecule has 1 fully saturated rings. The number of rotatable bonds is 4. The summed E-state index contributed by atoms with van der Waals surface area (Å²) in [5.41, 5.74) is 1.74. The average molecular weight is 363 g/mol. The number of ether oxygens (including phenoxy) is 1. The molecule has 140 valence electrons. The fourth-order valence-corrected chi connectivity index (χ4v) is 3.58. The standard InChI is InChI=1S/C21H24F3NO/c1-14-10-17(12-18(11-14)21(22,23)24)15(2)26-20-8-9-25-13-19(20)16-6-4-3-5-7-16/h3-7,10-12,15,19-20,25H,8-9,13H2,1-2H3/t15-,19+,20+/m1/s1. The number of aryl methyl sites for hydroxylation is 1. The molecule has 1 N–H and O–H groups in total. The molecule has 1 heterocycles. The Labute approximate surface area is 152 Å². The van der Waals surface area contributed by atoms with Gasteiger partial charge in [0.1, 0.15) is 0 Å². The molecule has 5 heteroatoms. The predicted octanol–water partition coefficient (Wildman–Crippen LogP) is 5.24. The van der Waals surface area contributed by atoms with E-state index in [-0.39, 0.29) is 12.0 Å². The Bertz CT molecular complexity index is 730. The molecule has 0 unspecified atom stereocenters. The molecule has 2 aromatic rings. The molecule has 0 aromatic heterocycles. The van der Waals surface area contributed by atoms with Crippen LogP contribution in [-0.2, 0) is 10.9 Å². The zero-order valence-corrected chi connectivity index (χ0v) is 15.0. The molecule has 3 rings (SSSR count). The molecule has 3 atom stereocenters. The molecule has 0 radical (unpaired) electrons. The number of benzene rings is 2. The van der Waals surface area contributed by atoms with Gasteiger partial charge in [0.2, 0.25) is 0 Å². The van der Waals surface area contributed by atoms with Crippen LogP contribution in [0.3, 0.4) is 0 Å². The second-order valence-electron chi connectivity index (χ2n) is 6.96. The number of nitrogens with one attached hydrogen (secondary N) is 1. The number of alkyl halides is 3. The fourth-order valence-electron chi connectivity index (χ4n) is 3.58. The van der Waals surface area contributed by atoms with Gasteiger partial charge in [-0.3, -0.25) is 0 Å².